The molecule has 1 N–H and O–H groups in total. The Morgan fingerprint density at radius 3 is 2.15 bits per heavy atom. The standard InChI is InChI=1S/C20H24FNO3S/c1-20(2,15-7-9-16(21)10-8-15)22-26(23,24)19-13-11-18(12-14-19)25-17-5-3-4-6-17/h7-14,17,22H,3-6H2,1-2H3. The smallest absolute Gasteiger partial charge is 0.241 e. The van der Waals surface area contributed by atoms with Crippen LogP contribution in [0, 0.1) is 5.82 Å². The van der Waals surface area contributed by atoms with E-state index >= 15 is 0 Å². The van der Waals surface area contributed by atoms with E-state index in [1.54, 1.807) is 50.2 Å². The first-order valence-electron chi connectivity index (χ1n) is 8.83. The molecule has 0 radical (unpaired) electrons. The molecule has 0 saturated heterocycles. The second-order valence-corrected chi connectivity index (χ2v) is 8.92. The Kier molecular flexibility index (Phi) is 5.34. The Balaban J connectivity index is 1.73. The molecule has 6 heteroatoms. The molecule has 0 unspecified atom stereocenters. The molecule has 0 amide bonds. The third kappa shape index (κ3) is 4.43. The van der Waals surface area contributed by atoms with Gasteiger partial charge in [-0.15, -0.1) is 0 Å². The fraction of sp³-hybridized carbons (Fsp3) is 0.400. The van der Waals surface area contributed by atoms with Gasteiger partial charge < -0.3 is 4.74 Å². The molecule has 0 bridgehead atoms. The van der Waals surface area contributed by atoms with E-state index in [2.05, 4.69) is 4.72 Å². The Labute approximate surface area is 154 Å². The quantitative estimate of drug-likeness (QED) is 0.814. The second kappa shape index (κ2) is 7.37. The molecular weight excluding hydrogens is 353 g/mol. The molecule has 4 nitrogen and oxygen atoms in total. The summed E-state index contributed by atoms with van der Waals surface area (Å²) in [5, 5.41) is 0. The van der Waals surface area contributed by atoms with Crippen LogP contribution in [0.2, 0.25) is 0 Å². The Bertz CT molecular complexity index is 840. The molecule has 2 aromatic carbocycles. The first kappa shape index (κ1) is 18.9. The highest BCUT2D eigenvalue weighted by Gasteiger charge is 2.28. The summed E-state index contributed by atoms with van der Waals surface area (Å²) < 4.78 is 47.1. The highest BCUT2D eigenvalue weighted by Crippen LogP contribution is 2.27. The zero-order valence-electron chi connectivity index (χ0n) is 15.0. The molecule has 0 aliphatic heterocycles. The average molecular weight is 377 g/mol. The predicted octanol–water partition coefficient (Wildman–Crippen LogP) is 4.36. The highest BCUT2D eigenvalue weighted by molar-refractivity contribution is 7.89. The van der Waals surface area contributed by atoms with Crippen molar-refractivity contribution in [2.45, 2.75) is 56.1 Å². The van der Waals surface area contributed by atoms with Gasteiger partial charge in [0, 0.05) is 0 Å². The molecule has 1 fully saturated rings. The monoisotopic (exact) mass is 377 g/mol. The van der Waals surface area contributed by atoms with Crippen LogP contribution >= 0.6 is 0 Å². The lowest BCUT2D eigenvalue weighted by Gasteiger charge is -2.26. The fourth-order valence-electron chi connectivity index (χ4n) is 3.22. The van der Waals surface area contributed by atoms with Crippen molar-refractivity contribution in [1.82, 2.24) is 4.72 Å². The van der Waals surface area contributed by atoms with Crippen molar-refractivity contribution in [1.29, 1.82) is 0 Å². The van der Waals surface area contributed by atoms with Crippen LogP contribution in [0.5, 0.6) is 5.75 Å². The number of nitrogens with one attached hydrogen (secondary N) is 1. The molecule has 0 aromatic heterocycles. The number of ether oxygens (including phenoxy) is 1. The van der Waals surface area contributed by atoms with Crippen LogP contribution < -0.4 is 9.46 Å². The zero-order chi connectivity index (χ0) is 18.8. The van der Waals surface area contributed by atoms with Crippen LogP contribution in [0.3, 0.4) is 0 Å². The molecule has 1 aliphatic rings. The summed E-state index contributed by atoms with van der Waals surface area (Å²) in [4.78, 5) is 0.173. The van der Waals surface area contributed by atoms with E-state index < -0.39 is 15.6 Å². The van der Waals surface area contributed by atoms with Gasteiger partial charge in [0.15, 0.2) is 0 Å². The van der Waals surface area contributed by atoms with Crippen molar-refractivity contribution in [3.63, 3.8) is 0 Å². The second-order valence-electron chi connectivity index (χ2n) is 7.23. The van der Waals surface area contributed by atoms with Gasteiger partial charge in [-0.25, -0.2) is 17.5 Å². The van der Waals surface area contributed by atoms with E-state index in [4.69, 9.17) is 4.74 Å². The third-order valence-corrected chi connectivity index (χ3v) is 6.37. The molecular formula is C20H24FNO3S. The van der Waals surface area contributed by atoms with E-state index in [1.165, 1.54) is 25.0 Å². The molecule has 0 atom stereocenters. The number of halogens is 1. The fourth-order valence-corrected chi connectivity index (χ4v) is 4.62. The van der Waals surface area contributed by atoms with Crippen LogP contribution in [0.1, 0.15) is 45.1 Å². The van der Waals surface area contributed by atoms with Gasteiger partial charge in [0.1, 0.15) is 11.6 Å². The van der Waals surface area contributed by atoms with Crippen LogP contribution in [0.15, 0.2) is 53.4 Å². The molecule has 140 valence electrons. The number of rotatable bonds is 6. The normalized spacial score (nSPS) is 16.0. The maximum atomic E-state index is 13.1. The molecule has 3 rings (SSSR count). The van der Waals surface area contributed by atoms with Crippen molar-refractivity contribution in [3.8, 4) is 5.75 Å². The lowest BCUT2D eigenvalue weighted by atomic mass is 9.96. The van der Waals surface area contributed by atoms with Crippen molar-refractivity contribution in [2.75, 3.05) is 0 Å². The number of hydrogen-bond donors (Lipinski definition) is 1. The van der Waals surface area contributed by atoms with E-state index in [0.29, 0.717) is 11.3 Å². The third-order valence-electron chi connectivity index (χ3n) is 4.69. The highest BCUT2D eigenvalue weighted by atomic mass is 32.2. The van der Waals surface area contributed by atoms with E-state index in [-0.39, 0.29) is 16.8 Å². The van der Waals surface area contributed by atoms with Crippen molar-refractivity contribution in [2.24, 2.45) is 0 Å². The molecule has 1 aliphatic carbocycles. The first-order chi connectivity index (χ1) is 12.3. The van der Waals surface area contributed by atoms with E-state index in [0.717, 1.165) is 12.8 Å². The van der Waals surface area contributed by atoms with Crippen LogP contribution in [0.4, 0.5) is 4.39 Å². The topological polar surface area (TPSA) is 55.4 Å². The molecule has 2 aromatic rings. The summed E-state index contributed by atoms with van der Waals surface area (Å²) >= 11 is 0. The van der Waals surface area contributed by atoms with Crippen molar-refractivity contribution < 1.29 is 17.5 Å². The summed E-state index contributed by atoms with van der Waals surface area (Å²) in [5.74, 6) is 0.332. The SMILES string of the molecule is CC(C)(NS(=O)(=O)c1ccc(OC2CCCC2)cc1)c1ccc(F)cc1. The van der Waals surface area contributed by atoms with Gasteiger partial charge in [-0.3, -0.25) is 0 Å². The van der Waals surface area contributed by atoms with Gasteiger partial charge >= 0.3 is 0 Å². The average Bonchev–Trinajstić information content (AvgIpc) is 3.08. The van der Waals surface area contributed by atoms with Gasteiger partial charge in [-0.2, -0.15) is 0 Å². The van der Waals surface area contributed by atoms with Crippen LogP contribution in [-0.2, 0) is 15.6 Å². The number of hydrogen-bond acceptors (Lipinski definition) is 3. The summed E-state index contributed by atoms with van der Waals surface area (Å²) in [7, 11) is -3.72. The number of sulfonamides is 1. The molecule has 1 saturated carbocycles. The van der Waals surface area contributed by atoms with Crippen LogP contribution in [-0.4, -0.2) is 14.5 Å². The van der Waals surface area contributed by atoms with Gasteiger partial charge in [0.25, 0.3) is 0 Å². The summed E-state index contributed by atoms with van der Waals surface area (Å²) in [5.41, 5.74) is -0.186. The van der Waals surface area contributed by atoms with Gasteiger partial charge in [0.05, 0.1) is 16.5 Å². The van der Waals surface area contributed by atoms with Crippen LogP contribution in [0.25, 0.3) is 0 Å². The first-order valence-corrected chi connectivity index (χ1v) is 10.3. The Hall–Kier alpha value is -1.92. The van der Waals surface area contributed by atoms with E-state index in [1.807, 2.05) is 0 Å². The van der Waals surface area contributed by atoms with Crippen molar-refractivity contribution >= 4 is 10.0 Å². The van der Waals surface area contributed by atoms with E-state index in [9.17, 15) is 12.8 Å². The number of benzene rings is 2. The minimum absolute atomic E-state index is 0.173. The lowest BCUT2D eigenvalue weighted by Crippen LogP contribution is -2.40. The lowest BCUT2D eigenvalue weighted by molar-refractivity contribution is 0.210. The van der Waals surface area contributed by atoms with Gasteiger partial charge in [-0.1, -0.05) is 12.1 Å². The maximum absolute atomic E-state index is 13.1. The molecule has 0 spiro atoms. The Morgan fingerprint density at radius 2 is 1.58 bits per heavy atom. The Morgan fingerprint density at radius 1 is 1.00 bits per heavy atom. The minimum Gasteiger partial charge on any atom is -0.490 e. The predicted molar refractivity (Wildman–Crippen MR) is 99.1 cm³/mol. The summed E-state index contributed by atoms with van der Waals surface area (Å²) in [6, 6.07) is 12.3. The van der Waals surface area contributed by atoms with Gasteiger partial charge in [-0.05, 0) is 81.5 Å². The summed E-state index contributed by atoms with van der Waals surface area (Å²) in [6.45, 7) is 3.49. The van der Waals surface area contributed by atoms with Gasteiger partial charge in [0.2, 0.25) is 10.0 Å². The minimum atomic E-state index is -3.72. The van der Waals surface area contributed by atoms with Crippen molar-refractivity contribution in [3.05, 3.63) is 59.9 Å². The molecule has 0 heterocycles. The zero-order valence-corrected chi connectivity index (χ0v) is 15.9. The largest absolute Gasteiger partial charge is 0.490 e. The maximum Gasteiger partial charge on any atom is 0.241 e. The summed E-state index contributed by atoms with van der Waals surface area (Å²) in [6.07, 6.45) is 4.69. The molecule has 26 heavy (non-hydrogen) atoms.